The fourth-order valence-electron chi connectivity index (χ4n) is 4.00. The molecule has 0 saturated heterocycles. The van der Waals surface area contributed by atoms with Crippen molar-refractivity contribution in [1.82, 2.24) is 0 Å². The van der Waals surface area contributed by atoms with Crippen LogP contribution in [-0.4, -0.2) is 29.4 Å². The van der Waals surface area contributed by atoms with Gasteiger partial charge in [-0.1, -0.05) is 117 Å². The third kappa shape index (κ3) is 22.7. The quantitative estimate of drug-likeness (QED) is 0.146. The van der Waals surface area contributed by atoms with Crippen molar-refractivity contribution in [3.8, 4) is 0 Å². The van der Waals surface area contributed by atoms with E-state index >= 15 is 0 Å². The Morgan fingerprint density at radius 2 is 0.900 bits per heavy atom. The van der Waals surface area contributed by atoms with Gasteiger partial charge < -0.3 is 9.66 Å². The molecule has 0 bridgehead atoms. The Balaban J connectivity index is 0. The third-order valence-electron chi connectivity index (χ3n) is 5.99. The van der Waals surface area contributed by atoms with Gasteiger partial charge in [0, 0.05) is 5.25 Å². The Morgan fingerprint density at radius 1 is 0.600 bits per heavy atom. The van der Waals surface area contributed by atoms with E-state index in [0.717, 1.165) is 51.4 Å². The molecule has 0 amide bonds. The Labute approximate surface area is 230 Å². The molecule has 0 aliphatic heterocycles. The molecule has 0 spiro atoms. The fraction of sp³-hybridized carbons (Fsp3) is 1.00. The molecule has 0 saturated carbocycles. The molecule has 0 radical (unpaired) electrons. The number of hydrogen-bond donors (Lipinski definition) is 1. The third-order valence-corrected chi connectivity index (χ3v) is 7.28. The summed E-state index contributed by atoms with van der Waals surface area (Å²) < 4.78 is 34.6. The minimum atomic E-state index is -4.21. The first-order valence-electron chi connectivity index (χ1n) is 12.5. The van der Waals surface area contributed by atoms with Gasteiger partial charge in [0.05, 0.1) is 16.2 Å². The SMILES string of the molecule is CCCCCCCCCCC(CCCCC(O)CCCCCCCC)S(=O)(=O)[O-].[K+]. The van der Waals surface area contributed by atoms with E-state index in [1.165, 1.54) is 64.2 Å². The molecule has 0 heterocycles. The number of aliphatic hydroxyl groups is 1. The Morgan fingerprint density at radius 3 is 1.30 bits per heavy atom. The van der Waals surface area contributed by atoms with Gasteiger partial charge in [-0.3, -0.25) is 0 Å². The molecular formula is C24H49KO4S. The second-order valence-corrected chi connectivity index (χ2v) is 10.5. The normalized spacial score (nSPS) is 13.7. The van der Waals surface area contributed by atoms with E-state index in [1.54, 1.807) is 0 Å². The number of unbranched alkanes of at least 4 members (excludes halogenated alkanes) is 13. The average Bonchev–Trinajstić information content (AvgIpc) is 2.67. The van der Waals surface area contributed by atoms with E-state index in [2.05, 4.69) is 13.8 Å². The predicted octanol–water partition coefficient (Wildman–Crippen LogP) is 4.11. The zero-order chi connectivity index (χ0) is 21.8. The summed E-state index contributed by atoms with van der Waals surface area (Å²) in [4.78, 5) is 0. The van der Waals surface area contributed by atoms with Crippen LogP contribution in [0.2, 0.25) is 0 Å². The maximum absolute atomic E-state index is 11.5. The predicted molar refractivity (Wildman–Crippen MR) is 123 cm³/mol. The van der Waals surface area contributed by atoms with Crippen LogP contribution in [-0.2, 0) is 10.1 Å². The van der Waals surface area contributed by atoms with Crippen LogP contribution in [0.4, 0.5) is 0 Å². The van der Waals surface area contributed by atoms with Crippen LogP contribution in [0.15, 0.2) is 0 Å². The maximum Gasteiger partial charge on any atom is 1.00 e. The zero-order valence-corrected chi connectivity index (χ0v) is 24.3. The summed E-state index contributed by atoms with van der Waals surface area (Å²) in [5.41, 5.74) is 0. The van der Waals surface area contributed by atoms with Crippen LogP contribution in [0.25, 0.3) is 0 Å². The van der Waals surface area contributed by atoms with Crippen LogP contribution in [0.1, 0.15) is 142 Å². The van der Waals surface area contributed by atoms with Crippen LogP contribution in [0.3, 0.4) is 0 Å². The van der Waals surface area contributed by atoms with Crippen LogP contribution in [0, 0.1) is 0 Å². The monoisotopic (exact) mass is 472 g/mol. The van der Waals surface area contributed by atoms with Crippen molar-refractivity contribution in [1.29, 1.82) is 0 Å². The maximum atomic E-state index is 11.5. The first-order valence-corrected chi connectivity index (χ1v) is 14.0. The van der Waals surface area contributed by atoms with E-state index < -0.39 is 15.4 Å². The van der Waals surface area contributed by atoms with Crippen molar-refractivity contribution < 1.29 is 69.5 Å². The van der Waals surface area contributed by atoms with Gasteiger partial charge in [0.25, 0.3) is 0 Å². The molecule has 0 aromatic carbocycles. The average molecular weight is 473 g/mol. The van der Waals surface area contributed by atoms with Crippen molar-refractivity contribution in [2.24, 2.45) is 0 Å². The van der Waals surface area contributed by atoms with Gasteiger partial charge in [0.2, 0.25) is 0 Å². The van der Waals surface area contributed by atoms with Crippen molar-refractivity contribution in [2.45, 2.75) is 154 Å². The van der Waals surface area contributed by atoms with E-state index in [1.807, 2.05) is 0 Å². The Kier molecular flexibility index (Phi) is 26.6. The summed E-state index contributed by atoms with van der Waals surface area (Å²) in [6, 6.07) is 0. The molecule has 2 unspecified atom stereocenters. The number of hydrogen-bond acceptors (Lipinski definition) is 4. The summed E-state index contributed by atoms with van der Waals surface area (Å²) in [7, 11) is -4.21. The van der Waals surface area contributed by atoms with Gasteiger partial charge in [0.1, 0.15) is 0 Å². The summed E-state index contributed by atoms with van der Waals surface area (Å²) in [5.74, 6) is 0. The van der Waals surface area contributed by atoms with Crippen molar-refractivity contribution in [3.05, 3.63) is 0 Å². The molecule has 6 heteroatoms. The van der Waals surface area contributed by atoms with E-state index in [0.29, 0.717) is 12.8 Å². The van der Waals surface area contributed by atoms with E-state index in [4.69, 9.17) is 0 Å². The molecule has 0 aromatic rings. The van der Waals surface area contributed by atoms with E-state index in [9.17, 15) is 18.1 Å². The molecule has 0 aliphatic carbocycles. The molecule has 176 valence electrons. The fourth-order valence-corrected chi connectivity index (χ4v) is 4.91. The van der Waals surface area contributed by atoms with Gasteiger partial charge in [-0.05, 0) is 25.7 Å². The van der Waals surface area contributed by atoms with Crippen molar-refractivity contribution in [3.63, 3.8) is 0 Å². The molecule has 0 aliphatic rings. The minimum Gasteiger partial charge on any atom is -0.748 e. The molecular weight excluding hydrogens is 423 g/mol. The second kappa shape index (κ2) is 23.7. The molecule has 2 atom stereocenters. The summed E-state index contributed by atoms with van der Waals surface area (Å²) >= 11 is 0. The van der Waals surface area contributed by atoms with Crippen LogP contribution >= 0.6 is 0 Å². The number of rotatable bonds is 22. The second-order valence-electron chi connectivity index (χ2n) is 8.87. The van der Waals surface area contributed by atoms with Crippen LogP contribution in [0.5, 0.6) is 0 Å². The summed E-state index contributed by atoms with van der Waals surface area (Å²) in [5, 5.41) is 9.34. The van der Waals surface area contributed by atoms with Crippen LogP contribution < -0.4 is 51.4 Å². The molecule has 1 N–H and O–H groups in total. The van der Waals surface area contributed by atoms with Gasteiger partial charge >= 0.3 is 51.4 Å². The van der Waals surface area contributed by atoms with Gasteiger partial charge in [-0.2, -0.15) is 0 Å². The van der Waals surface area contributed by atoms with Gasteiger partial charge in [-0.25, -0.2) is 8.42 Å². The smallest absolute Gasteiger partial charge is 0.748 e. The first kappa shape index (κ1) is 33.7. The molecule has 0 aromatic heterocycles. The standard InChI is InChI=1S/C24H50O4S.K/c1-3-5-7-9-11-12-14-16-21-24(29(26,27)28)22-18-17-20-23(25)19-15-13-10-8-6-4-2;/h23-25H,3-22H2,1-2H3,(H,26,27,28);/q;+1/p-1. The van der Waals surface area contributed by atoms with Gasteiger partial charge in [0.15, 0.2) is 0 Å². The van der Waals surface area contributed by atoms with Crippen molar-refractivity contribution in [2.75, 3.05) is 0 Å². The van der Waals surface area contributed by atoms with Gasteiger partial charge in [-0.15, -0.1) is 0 Å². The molecule has 0 rings (SSSR count). The summed E-state index contributed by atoms with van der Waals surface area (Å²) in [6.45, 7) is 4.42. The largest absolute Gasteiger partial charge is 1.00 e. The topological polar surface area (TPSA) is 77.4 Å². The van der Waals surface area contributed by atoms with Crippen molar-refractivity contribution >= 4 is 10.1 Å². The molecule has 30 heavy (non-hydrogen) atoms. The number of aliphatic hydroxyl groups excluding tert-OH is 1. The minimum absolute atomic E-state index is 0. The zero-order valence-electron chi connectivity index (χ0n) is 20.4. The molecule has 4 nitrogen and oxygen atoms in total. The Hall–Kier alpha value is 1.51. The Bertz CT molecular complexity index is 442. The first-order chi connectivity index (χ1) is 13.9. The van der Waals surface area contributed by atoms with E-state index in [-0.39, 0.29) is 57.5 Å². The summed E-state index contributed by atoms with van der Waals surface area (Å²) in [6.07, 6.45) is 20.4. The molecule has 0 fully saturated rings.